The highest BCUT2D eigenvalue weighted by atomic mass is 16.4. The topological polar surface area (TPSA) is 173 Å². The molecule has 0 radical (unpaired) electrons. The largest absolute Gasteiger partial charge is 0.480 e. The molecule has 3 unspecified atom stereocenters. The fourth-order valence-electron chi connectivity index (χ4n) is 3.31. The Morgan fingerprint density at radius 2 is 1.41 bits per heavy atom. The smallest absolute Gasteiger partial charge is 0.327 e. The first kappa shape index (κ1) is 27.2. The fourth-order valence-corrected chi connectivity index (χ4v) is 3.31. The van der Waals surface area contributed by atoms with Gasteiger partial charge in [-0.1, -0.05) is 41.5 Å². The van der Waals surface area contributed by atoms with Crippen LogP contribution in [0.5, 0.6) is 0 Å². The number of aliphatic hydroxyl groups excluding tert-OH is 1. The molecule has 7 N–H and O–H groups in total. The maximum absolute atomic E-state index is 13.5. The van der Waals surface area contributed by atoms with Crippen LogP contribution < -0.4 is 16.8 Å². The van der Waals surface area contributed by atoms with Crippen molar-refractivity contribution < 1.29 is 29.4 Å². The summed E-state index contributed by atoms with van der Waals surface area (Å²) in [5.74, 6) is -5.69. The van der Waals surface area contributed by atoms with Crippen molar-refractivity contribution in [3.8, 4) is 0 Å². The number of carboxylic acids is 1. The third kappa shape index (κ3) is 6.07. The van der Waals surface area contributed by atoms with Crippen molar-refractivity contribution in [2.45, 2.75) is 79.1 Å². The third-order valence-corrected chi connectivity index (χ3v) is 5.04. The number of aliphatic carboxylic acids is 1. The summed E-state index contributed by atoms with van der Waals surface area (Å²) in [5, 5.41) is 23.5. The van der Waals surface area contributed by atoms with Crippen molar-refractivity contribution in [2.24, 2.45) is 34.6 Å². The van der Waals surface area contributed by atoms with Crippen molar-refractivity contribution in [1.82, 2.24) is 5.32 Å². The minimum Gasteiger partial charge on any atom is -0.480 e. The van der Waals surface area contributed by atoms with Gasteiger partial charge in [0.25, 0.3) is 0 Å². The molecule has 1 amide bonds. The molecular formula is C20H37N3O6. The molecule has 0 aromatic rings. The fraction of sp³-hybridized carbons (Fsp3) is 0.800. The molecule has 0 aliphatic carbocycles. The van der Waals surface area contributed by atoms with Crippen molar-refractivity contribution in [1.29, 1.82) is 0 Å². The Morgan fingerprint density at radius 3 is 1.72 bits per heavy atom. The van der Waals surface area contributed by atoms with Crippen LogP contribution in [0.1, 0.15) is 54.9 Å². The van der Waals surface area contributed by atoms with Crippen molar-refractivity contribution in [3.05, 3.63) is 0 Å². The van der Waals surface area contributed by atoms with Gasteiger partial charge in [-0.15, -0.1) is 0 Å². The molecule has 0 aliphatic rings. The van der Waals surface area contributed by atoms with Gasteiger partial charge < -0.3 is 27.0 Å². The Labute approximate surface area is 172 Å². The van der Waals surface area contributed by atoms with Gasteiger partial charge in [0.05, 0.1) is 18.2 Å². The lowest BCUT2D eigenvalue weighted by molar-refractivity contribution is -0.172. The van der Waals surface area contributed by atoms with Gasteiger partial charge in [-0.2, -0.15) is 0 Å². The third-order valence-electron chi connectivity index (χ3n) is 5.04. The second-order valence-corrected chi connectivity index (χ2v) is 8.77. The van der Waals surface area contributed by atoms with Gasteiger partial charge in [0.15, 0.2) is 11.6 Å². The van der Waals surface area contributed by atoms with Crippen LogP contribution in [0.25, 0.3) is 0 Å². The van der Waals surface area contributed by atoms with Gasteiger partial charge in [0.2, 0.25) is 11.3 Å². The zero-order chi connectivity index (χ0) is 23.3. The summed E-state index contributed by atoms with van der Waals surface area (Å²) in [7, 11) is 0. The zero-order valence-corrected chi connectivity index (χ0v) is 18.4. The van der Waals surface area contributed by atoms with E-state index in [9.17, 15) is 29.4 Å². The number of carbonyl (C=O) groups is 4. The molecule has 0 aliphatic heterocycles. The summed E-state index contributed by atoms with van der Waals surface area (Å²) in [6.07, 6.45) is -1.83. The van der Waals surface area contributed by atoms with E-state index in [2.05, 4.69) is 5.32 Å². The Balaban J connectivity index is 6.74. The van der Waals surface area contributed by atoms with Gasteiger partial charge in [-0.3, -0.25) is 19.2 Å². The molecule has 0 rings (SSSR count). The molecule has 0 spiro atoms. The van der Waals surface area contributed by atoms with E-state index in [1.807, 2.05) is 13.8 Å². The Hall–Kier alpha value is -1.84. The molecule has 0 saturated carbocycles. The number of carboxylic acid groups (broad SMARTS) is 1. The monoisotopic (exact) mass is 415 g/mol. The van der Waals surface area contributed by atoms with E-state index < -0.39 is 64.9 Å². The number of hydrogen-bond acceptors (Lipinski definition) is 7. The molecule has 0 aromatic heterocycles. The highest BCUT2D eigenvalue weighted by Crippen LogP contribution is 2.34. The minimum absolute atomic E-state index is 0.0219. The summed E-state index contributed by atoms with van der Waals surface area (Å²) in [5.41, 5.74) is 9.07. The van der Waals surface area contributed by atoms with E-state index >= 15 is 0 Å². The normalized spacial score (nSPS) is 18.1. The zero-order valence-electron chi connectivity index (χ0n) is 18.4. The second kappa shape index (κ2) is 10.8. The first-order valence-electron chi connectivity index (χ1n) is 9.90. The van der Waals surface area contributed by atoms with Crippen LogP contribution >= 0.6 is 0 Å². The van der Waals surface area contributed by atoms with E-state index in [1.54, 1.807) is 27.7 Å². The molecule has 168 valence electrons. The second-order valence-electron chi connectivity index (χ2n) is 8.77. The molecule has 0 aromatic carbocycles. The number of amides is 1. The maximum Gasteiger partial charge on any atom is 0.327 e. The van der Waals surface area contributed by atoms with Crippen LogP contribution in [-0.2, 0) is 19.2 Å². The van der Waals surface area contributed by atoms with Gasteiger partial charge >= 0.3 is 5.97 Å². The molecular weight excluding hydrogens is 378 g/mol. The van der Waals surface area contributed by atoms with Crippen molar-refractivity contribution >= 4 is 23.4 Å². The van der Waals surface area contributed by atoms with Crippen LogP contribution in [-0.4, -0.2) is 57.9 Å². The first-order valence-corrected chi connectivity index (χ1v) is 9.90. The quantitative estimate of drug-likeness (QED) is 0.278. The average molecular weight is 416 g/mol. The molecule has 9 nitrogen and oxygen atoms in total. The van der Waals surface area contributed by atoms with Crippen LogP contribution in [0.15, 0.2) is 0 Å². The number of hydrogen-bond donors (Lipinski definition) is 5. The van der Waals surface area contributed by atoms with Crippen molar-refractivity contribution in [3.63, 3.8) is 0 Å². The van der Waals surface area contributed by atoms with E-state index in [-0.39, 0.29) is 12.3 Å². The summed E-state index contributed by atoms with van der Waals surface area (Å²) in [6.45, 7) is 11.2. The van der Waals surface area contributed by atoms with E-state index in [4.69, 9.17) is 11.5 Å². The summed E-state index contributed by atoms with van der Waals surface area (Å²) < 4.78 is 0. The number of aliphatic hydroxyl groups is 1. The summed E-state index contributed by atoms with van der Waals surface area (Å²) in [4.78, 5) is 50.8. The molecule has 0 saturated heterocycles. The van der Waals surface area contributed by atoms with Crippen LogP contribution in [0.2, 0.25) is 0 Å². The summed E-state index contributed by atoms with van der Waals surface area (Å²) >= 11 is 0. The SMILES string of the molecule is CC(=O)N[C@H](C(=O)C(C(=O)O)(C(=O)[C@@H](N)C(C)C)C(O)C(N)CC(C)C)C(C)C. The predicted octanol–water partition coefficient (Wildman–Crippen LogP) is 0.0739. The molecule has 0 fully saturated rings. The Kier molecular flexibility index (Phi) is 10.1. The highest BCUT2D eigenvalue weighted by Gasteiger charge is 2.62. The lowest BCUT2D eigenvalue weighted by Gasteiger charge is -2.39. The first-order chi connectivity index (χ1) is 13.1. The van der Waals surface area contributed by atoms with Crippen LogP contribution in [0.3, 0.4) is 0 Å². The van der Waals surface area contributed by atoms with Gasteiger partial charge in [-0.05, 0) is 24.2 Å². The van der Waals surface area contributed by atoms with E-state index in [0.717, 1.165) is 0 Å². The van der Waals surface area contributed by atoms with E-state index in [0.29, 0.717) is 0 Å². The van der Waals surface area contributed by atoms with Crippen LogP contribution in [0.4, 0.5) is 0 Å². The lowest BCUT2D eigenvalue weighted by Crippen LogP contribution is -2.68. The number of ketones is 2. The molecule has 29 heavy (non-hydrogen) atoms. The molecule has 5 atom stereocenters. The summed E-state index contributed by atoms with van der Waals surface area (Å²) in [6, 6.07) is -3.79. The lowest BCUT2D eigenvalue weighted by atomic mass is 9.65. The number of nitrogens with two attached hydrogens (primary N) is 2. The standard InChI is InChI=1S/C20H37N3O6/c1-9(2)8-13(21)16(25)20(19(28)29,17(26)14(22)10(3)4)18(27)15(11(5)6)23-12(7)24/h9-11,13-16,25H,8,21-22H2,1-7H3,(H,23,24)(H,28,29)/t13?,14-,15-,16?,20?/m0/s1. The molecule has 0 bridgehead atoms. The van der Waals surface area contributed by atoms with Gasteiger partial charge in [0, 0.05) is 13.0 Å². The highest BCUT2D eigenvalue weighted by molar-refractivity contribution is 6.25. The predicted molar refractivity (Wildman–Crippen MR) is 109 cm³/mol. The minimum atomic E-state index is -2.89. The van der Waals surface area contributed by atoms with E-state index in [1.165, 1.54) is 6.92 Å². The number of carbonyl (C=O) groups excluding carboxylic acids is 3. The maximum atomic E-state index is 13.5. The van der Waals surface area contributed by atoms with Crippen LogP contribution in [0, 0.1) is 23.2 Å². The number of rotatable bonds is 12. The van der Waals surface area contributed by atoms with Gasteiger partial charge in [-0.25, -0.2) is 0 Å². The van der Waals surface area contributed by atoms with Gasteiger partial charge in [0.1, 0.15) is 0 Å². The number of nitrogens with one attached hydrogen (secondary N) is 1. The van der Waals surface area contributed by atoms with Crippen molar-refractivity contribution in [2.75, 3.05) is 0 Å². The Morgan fingerprint density at radius 1 is 0.931 bits per heavy atom. The number of Topliss-reactive ketones (excluding diaryl/α,β-unsaturated/α-hetero) is 2. The average Bonchev–Trinajstić information content (AvgIpc) is 2.57. The molecule has 9 heteroatoms. The molecule has 0 heterocycles. The Bertz CT molecular complexity index is 619.